The third kappa shape index (κ3) is 4.01. The van der Waals surface area contributed by atoms with Gasteiger partial charge in [-0.15, -0.1) is 0 Å². The van der Waals surface area contributed by atoms with E-state index in [2.05, 4.69) is 11.0 Å². The van der Waals surface area contributed by atoms with E-state index in [0.29, 0.717) is 19.0 Å². The van der Waals surface area contributed by atoms with Crippen molar-refractivity contribution in [1.82, 2.24) is 9.80 Å². The molecule has 0 unspecified atom stereocenters. The van der Waals surface area contributed by atoms with Crippen LogP contribution in [0.3, 0.4) is 0 Å². The Labute approximate surface area is 159 Å². The molecule has 27 heavy (non-hydrogen) atoms. The summed E-state index contributed by atoms with van der Waals surface area (Å²) in [6.07, 6.45) is 0. The zero-order valence-corrected chi connectivity index (χ0v) is 15.5. The van der Waals surface area contributed by atoms with Gasteiger partial charge in [0.2, 0.25) is 6.79 Å². The highest BCUT2D eigenvalue weighted by molar-refractivity contribution is 5.94. The molecule has 2 aliphatic heterocycles. The number of hydrogen-bond acceptors (Lipinski definition) is 5. The second-order valence-electron chi connectivity index (χ2n) is 6.72. The van der Waals surface area contributed by atoms with Crippen LogP contribution in [0.25, 0.3) is 0 Å². The van der Waals surface area contributed by atoms with E-state index in [-0.39, 0.29) is 5.91 Å². The fourth-order valence-electron chi connectivity index (χ4n) is 3.47. The fourth-order valence-corrected chi connectivity index (χ4v) is 3.47. The van der Waals surface area contributed by atoms with Crippen molar-refractivity contribution in [3.63, 3.8) is 0 Å². The highest BCUT2D eigenvalue weighted by Gasteiger charge is 2.23. The molecule has 0 N–H and O–H groups in total. The van der Waals surface area contributed by atoms with Gasteiger partial charge in [-0.05, 0) is 42.8 Å². The standard InChI is InChI=1S/C21H24N2O4/c1-2-25-18-5-3-4-17(13-18)21(24)23-10-8-22(9-11-23)14-16-6-7-19-20(12-16)27-15-26-19/h3-7,12-13H,2,8-11,14-15H2,1H3. The minimum atomic E-state index is 0.0688. The van der Waals surface area contributed by atoms with Crippen molar-refractivity contribution in [2.45, 2.75) is 13.5 Å². The molecule has 2 aromatic carbocycles. The molecule has 0 atom stereocenters. The Morgan fingerprint density at radius 1 is 1.04 bits per heavy atom. The molecule has 2 aromatic rings. The van der Waals surface area contributed by atoms with E-state index in [4.69, 9.17) is 14.2 Å². The van der Waals surface area contributed by atoms with Gasteiger partial charge in [0.15, 0.2) is 11.5 Å². The van der Waals surface area contributed by atoms with Crippen molar-refractivity contribution in [3.05, 3.63) is 53.6 Å². The summed E-state index contributed by atoms with van der Waals surface area (Å²) in [4.78, 5) is 17.0. The van der Waals surface area contributed by atoms with Crippen LogP contribution in [-0.2, 0) is 6.54 Å². The van der Waals surface area contributed by atoms with Gasteiger partial charge in [0.1, 0.15) is 5.75 Å². The lowest BCUT2D eigenvalue weighted by molar-refractivity contribution is 0.0628. The zero-order chi connectivity index (χ0) is 18.6. The van der Waals surface area contributed by atoms with E-state index in [9.17, 15) is 4.79 Å². The van der Waals surface area contributed by atoms with Crippen LogP contribution in [0.4, 0.5) is 0 Å². The summed E-state index contributed by atoms with van der Waals surface area (Å²) in [6.45, 7) is 6.83. The van der Waals surface area contributed by atoms with Crippen molar-refractivity contribution in [1.29, 1.82) is 0 Å². The van der Waals surface area contributed by atoms with E-state index in [0.717, 1.165) is 50.0 Å². The largest absolute Gasteiger partial charge is 0.494 e. The summed E-state index contributed by atoms with van der Waals surface area (Å²) in [5.41, 5.74) is 1.88. The predicted molar refractivity (Wildman–Crippen MR) is 101 cm³/mol. The molecular formula is C21H24N2O4. The Morgan fingerprint density at radius 3 is 2.67 bits per heavy atom. The van der Waals surface area contributed by atoms with Crippen molar-refractivity contribution in [3.8, 4) is 17.2 Å². The Bertz CT molecular complexity index is 816. The van der Waals surface area contributed by atoms with E-state index in [1.165, 1.54) is 5.56 Å². The normalized spacial score (nSPS) is 16.4. The molecule has 0 saturated carbocycles. The van der Waals surface area contributed by atoms with Crippen molar-refractivity contribution in [2.24, 2.45) is 0 Å². The Balaban J connectivity index is 1.33. The van der Waals surface area contributed by atoms with E-state index < -0.39 is 0 Å². The van der Waals surface area contributed by atoms with Gasteiger partial charge in [-0.1, -0.05) is 12.1 Å². The first-order valence-electron chi connectivity index (χ1n) is 9.36. The first-order valence-corrected chi connectivity index (χ1v) is 9.36. The van der Waals surface area contributed by atoms with E-state index in [1.807, 2.05) is 48.2 Å². The van der Waals surface area contributed by atoms with Gasteiger partial charge in [0.25, 0.3) is 5.91 Å². The number of carbonyl (C=O) groups is 1. The molecule has 1 amide bonds. The molecular weight excluding hydrogens is 344 g/mol. The van der Waals surface area contributed by atoms with Crippen LogP contribution < -0.4 is 14.2 Å². The van der Waals surface area contributed by atoms with Gasteiger partial charge in [0.05, 0.1) is 6.61 Å². The molecule has 6 nitrogen and oxygen atoms in total. The number of piperazine rings is 1. The summed E-state index contributed by atoms with van der Waals surface area (Å²) in [6, 6.07) is 13.5. The first-order chi connectivity index (χ1) is 13.2. The number of benzene rings is 2. The van der Waals surface area contributed by atoms with Crippen molar-refractivity contribution >= 4 is 5.91 Å². The maximum Gasteiger partial charge on any atom is 0.254 e. The summed E-state index contributed by atoms with van der Waals surface area (Å²) < 4.78 is 16.3. The van der Waals surface area contributed by atoms with Crippen LogP contribution in [-0.4, -0.2) is 55.3 Å². The van der Waals surface area contributed by atoms with Gasteiger partial charge < -0.3 is 19.1 Å². The molecule has 2 aliphatic rings. The number of carbonyl (C=O) groups excluding carboxylic acids is 1. The minimum absolute atomic E-state index is 0.0688. The molecule has 1 saturated heterocycles. The lowest BCUT2D eigenvalue weighted by Crippen LogP contribution is -2.48. The first kappa shape index (κ1) is 17.7. The lowest BCUT2D eigenvalue weighted by Gasteiger charge is -2.34. The number of nitrogens with zero attached hydrogens (tertiary/aromatic N) is 2. The maximum absolute atomic E-state index is 12.8. The third-order valence-electron chi connectivity index (χ3n) is 4.89. The highest BCUT2D eigenvalue weighted by Crippen LogP contribution is 2.32. The maximum atomic E-state index is 12.8. The predicted octanol–water partition coefficient (Wildman–Crippen LogP) is 2.77. The second-order valence-corrected chi connectivity index (χ2v) is 6.72. The van der Waals surface area contributed by atoms with Gasteiger partial charge >= 0.3 is 0 Å². The molecule has 0 bridgehead atoms. The topological polar surface area (TPSA) is 51.2 Å². The molecule has 0 spiro atoms. The van der Waals surface area contributed by atoms with E-state index in [1.54, 1.807) is 0 Å². The van der Waals surface area contributed by atoms with Gasteiger partial charge in [-0.25, -0.2) is 0 Å². The number of hydrogen-bond donors (Lipinski definition) is 0. The van der Waals surface area contributed by atoms with Crippen LogP contribution in [0.15, 0.2) is 42.5 Å². The quantitative estimate of drug-likeness (QED) is 0.812. The van der Waals surface area contributed by atoms with Crippen molar-refractivity contribution < 1.29 is 19.0 Å². The van der Waals surface area contributed by atoms with Gasteiger partial charge in [-0.2, -0.15) is 0 Å². The third-order valence-corrected chi connectivity index (χ3v) is 4.89. The minimum Gasteiger partial charge on any atom is -0.494 e. The average molecular weight is 368 g/mol. The monoisotopic (exact) mass is 368 g/mol. The van der Waals surface area contributed by atoms with Crippen molar-refractivity contribution in [2.75, 3.05) is 39.6 Å². The molecule has 1 fully saturated rings. The number of fused-ring (bicyclic) bond motifs is 1. The van der Waals surface area contributed by atoms with Crippen LogP contribution in [0.5, 0.6) is 17.2 Å². The summed E-state index contributed by atoms with van der Waals surface area (Å²) in [7, 11) is 0. The summed E-state index contributed by atoms with van der Waals surface area (Å²) in [5.74, 6) is 2.43. The Morgan fingerprint density at radius 2 is 1.85 bits per heavy atom. The number of rotatable bonds is 5. The number of amides is 1. The smallest absolute Gasteiger partial charge is 0.254 e. The average Bonchev–Trinajstić information content (AvgIpc) is 3.16. The SMILES string of the molecule is CCOc1cccc(C(=O)N2CCN(Cc3ccc4c(c3)OCO4)CC2)c1. The van der Waals surface area contributed by atoms with Gasteiger partial charge in [0, 0.05) is 38.3 Å². The van der Waals surface area contributed by atoms with Crippen LogP contribution >= 0.6 is 0 Å². The van der Waals surface area contributed by atoms with Crippen LogP contribution in [0.2, 0.25) is 0 Å². The van der Waals surface area contributed by atoms with Crippen LogP contribution in [0, 0.1) is 0 Å². The Kier molecular flexibility index (Phi) is 5.16. The zero-order valence-electron chi connectivity index (χ0n) is 15.5. The Hall–Kier alpha value is -2.73. The highest BCUT2D eigenvalue weighted by atomic mass is 16.7. The second kappa shape index (κ2) is 7.88. The molecule has 142 valence electrons. The summed E-state index contributed by atoms with van der Waals surface area (Å²) in [5, 5.41) is 0. The number of ether oxygens (including phenoxy) is 3. The molecule has 0 aliphatic carbocycles. The van der Waals surface area contributed by atoms with Crippen LogP contribution in [0.1, 0.15) is 22.8 Å². The molecule has 2 heterocycles. The lowest BCUT2D eigenvalue weighted by atomic mass is 10.1. The molecule has 0 radical (unpaired) electrons. The molecule has 4 rings (SSSR count). The summed E-state index contributed by atoms with van der Waals surface area (Å²) >= 11 is 0. The fraction of sp³-hybridized carbons (Fsp3) is 0.381. The molecule has 6 heteroatoms. The van der Waals surface area contributed by atoms with E-state index >= 15 is 0 Å². The molecule has 0 aromatic heterocycles. The van der Waals surface area contributed by atoms with Gasteiger partial charge in [-0.3, -0.25) is 9.69 Å².